The highest BCUT2D eigenvalue weighted by Crippen LogP contribution is 2.29. The number of rotatable bonds is 5. The number of para-hydroxylation sites is 1. The van der Waals surface area contributed by atoms with Gasteiger partial charge in [-0.05, 0) is 56.1 Å². The predicted octanol–water partition coefficient (Wildman–Crippen LogP) is 4.04. The van der Waals surface area contributed by atoms with Crippen LogP contribution in [0.2, 0.25) is 0 Å². The van der Waals surface area contributed by atoms with Gasteiger partial charge in [-0.3, -0.25) is 0 Å². The smallest absolute Gasteiger partial charge is 0.122 e. The van der Waals surface area contributed by atoms with E-state index < -0.39 is 0 Å². The summed E-state index contributed by atoms with van der Waals surface area (Å²) in [4.78, 5) is 0. The SMILES string of the molecule is COc1ccccc1CC(C)NC1CCC(C)CC1C. The summed E-state index contributed by atoms with van der Waals surface area (Å²) in [6.45, 7) is 7.06. The quantitative estimate of drug-likeness (QED) is 0.875. The van der Waals surface area contributed by atoms with Gasteiger partial charge < -0.3 is 10.1 Å². The lowest BCUT2D eigenvalue weighted by atomic mass is 9.79. The molecule has 0 bridgehead atoms. The van der Waals surface area contributed by atoms with Crippen LogP contribution in [0.5, 0.6) is 5.75 Å². The van der Waals surface area contributed by atoms with Gasteiger partial charge in [0.25, 0.3) is 0 Å². The molecule has 2 rings (SSSR count). The van der Waals surface area contributed by atoms with Gasteiger partial charge in [-0.25, -0.2) is 0 Å². The molecule has 0 aliphatic heterocycles. The maximum Gasteiger partial charge on any atom is 0.122 e. The predicted molar refractivity (Wildman–Crippen MR) is 85.3 cm³/mol. The molecular formula is C18H29NO. The highest BCUT2D eigenvalue weighted by atomic mass is 16.5. The standard InChI is InChI=1S/C18H29NO/c1-13-9-10-17(14(2)11-13)19-15(3)12-16-7-5-6-8-18(16)20-4/h5-8,13-15,17,19H,9-12H2,1-4H3. The third kappa shape index (κ3) is 3.99. The molecule has 0 aromatic heterocycles. The minimum absolute atomic E-state index is 0.493. The molecule has 1 aliphatic rings. The van der Waals surface area contributed by atoms with E-state index >= 15 is 0 Å². The van der Waals surface area contributed by atoms with Crippen LogP contribution < -0.4 is 10.1 Å². The van der Waals surface area contributed by atoms with E-state index in [9.17, 15) is 0 Å². The lowest BCUT2D eigenvalue weighted by molar-refractivity contribution is 0.215. The second-order valence-electron chi connectivity index (χ2n) is 6.59. The molecule has 4 atom stereocenters. The Kier molecular flexibility index (Phi) is 5.47. The van der Waals surface area contributed by atoms with Gasteiger partial charge in [0.15, 0.2) is 0 Å². The van der Waals surface area contributed by atoms with Crippen molar-refractivity contribution in [2.75, 3.05) is 7.11 Å². The van der Waals surface area contributed by atoms with Crippen molar-refractivity contribution < 1.29 is 4.74 Å². The van der Waals surface area contributed by atoms with Crippen molar-refractivity contribution in [1.29, 1.82) is 0 Å². The molecule has 1 fully saturated rings. The van der Waals surface area contributed by atoms with Crippen LogP contribution in [0.3, 0.4) is 0 Å². The van der Waals surface area contributed by atoms with Gasteiger partial charge in [0.05, 0.1) is 7.11 Å². The fraction of sp³-hybridized carbons (Fsp3) is 0.667. The number of ether oxygens (including phenoxy) is 1. The number of nitrogens with one attached hydrogen (secondary N) is 1. The first kappa shape index (κ1) is 15.4. The molecule has 0 spiro atoms. The Morgan fingerprint density at radius 1 is 1.25 bits per heavy atom. The Labute approximate surface area is 123 Å². The summed E-state index contributed by atoms with van der Waals surface area (Å²) in [5.74, 6) is 2.69. The van der Waals surface area contributed by atoms with E-state index in [0.29, 0.717) is 12.1 Å². The molecule has 1 N–H and O–H groups in total. The second-order valence-corrected chi connectivity index (χ2v) is 6.59. The molecule has 0 amide bonds. The minimum atomic E-state index is 0.493. The third-order valence-electron chi connectivity index (χ3n) is 4.65. The van der Waals surface area contributed by atoms with Gasteiger partial charge >= 0.3 is 0 Å². The number of hydrogen-bond acceptors (Lipinski definition) is 2. The van der Waals surface area contributed by atoms with Gasteiger partial charge in [0.1, 0.15) is 5.75 Å². The van der Waals surface area contributed by atoms with Crippen molar-refractivity contribution in [3.63, 3.8) is 0 Å². The van der Waals surface area contributed by atoms with Gasteiger partial charge in [0, 0.05) is 12.1 Å². The average Bonchev–Trinajstić information content (AvgIpc) is 2.42. The third-order valence-corrected chi connectivity index (χ3v) is 4.65. The van der Waals surface area contributed by atoms with E-state index in [2.05, 4.69) is 38.2 Å². The van der Waals surface area contributed by atoms with E-state index in [4.69, 9.17) is 4.74 Å². The van der Waals surface area contributed by atoms with Gasteiger partial charge in [-0.2, -0.15) is 0 Å². The Hall–Kier alpha value is -1.02. The van der Waals surface area contributed by atoms with E-state index in [-0.39, 0.29) is 0 Å². The van der Waals surface area contributed by atoms with E-state index in [1.54, 1.807) is 7.11 Å². The maximum absolute atomic E-state index is 5.44. The molecule has 0 saturated heterocycles. The van der Waals surface area contributed by atoms with Crippen LogP contribution in [-0.4, -0.2) is 19.2 Å². The van der Waals surface area contributed by atoms with Crippen LogP contribution in [0.15, 0.2) is 24.3 Å². The molecule has 1 aromatic rings. The largest absolute Gasteiger partial charge is 0.496 e. The highest BCUT2D eigenvalue weighted by Gasteiger charge is 2.26. The van der Waals surface area contributed by atoms with Gasteiger partial charge in [0.2, 0.25) is 0 Å². The molecule has 0 heterocycles. The summed E-state index contributed by atoms with van der Waals surface area (Å²) in [6.07, 6.45) is 5.07. The first-order chi connectivity index (χ1) is 9.60. The van der Waals surface area contributed by atoms with Crippen molar-refractivity contribution in [3.05, 3.63) is 29.8 Å². The van der Waals surface area contributed by atoms with Crippen molar-refractivity contribution in [1.82, 2.24) is 5.32 Å². The summed E-state index contributed by atoms with van der Waals surface area (Å²) >= 11 is 0. The molecule has 1 aromatic carbocycles. The number of methoxy groups -OCH3 is 1. The van der Waals surface area contributed by atoms with Gasteiger partial charge in [-0.1, -0.05) is 32.0 Å². The molecule has 2 heteroatoms. The van der Waals surface area contributed by atoms with Crippen LogP contribution in [0.1, 0.15) is 45.6 Å². The molecule has 4 unspecified atom stereocenters. The van der Waals surface area contributed by atoms with E-state index in [1.165, 1.54) is 24.8 Å². The van der Waals surface area contributed by atoms with Crippen LogP contribution in [0, 0.1) is 11.8 Å². The summed E-state index contributed by atoms with van der Waals surface area (Å²) in [5.41, 5.74) is 1.30. The Balaban J connectivity index is 1.90. The summed E-state index contributed by atoms with van der Waals surface area (Å²) in [7, 11) is 1.75. The fourth-order valence-electron chi connectivity index (χ4n) is 3.54. The zero-order valence-electron chi connectivity index (χ0n) is 13.4. The summed E-state index contributed by atoms with van der Waals surface area (Å²) < 4.78 is 5.44. The zero-order chi connectivity index (χ0) is 14.5. The average molecular weight is 275 g/mol. The lowest BCUT2D eigenvalue weighted by Crippen LogP contribution is -2.44. The first-order valence-corrected chi connectivity index (χ1v) is 7.98. The monoisotopic (exact) mass is 275 g/mol. The van der Waals surface area contributed by atoms with Crippen LogP contribution >= 0.6 is 0 Å². The van der Waals surface area contributed by atoms with Crippen molar-refractivity contribution in [2.45, 2.75) is 58.5 Å². The summed E-state index contributed by atoms with van der Waals surface area (Å²) in [6, 6.07) is 9.51. The molecular weight excluding hydrogens is 246 g/mol. The molecule has 1 aliphatic carbocycles. The lowest BCUT2D eigenvalue weighted by Gasteiger charge is -2.35. The Morgan fingerprint density at radius 3 is 2.70 bits per heavy atom. The number of benzene rings is 1. The van der Waals surface area contributed by atoms with Crippen molar-refractivity contribution >= 4 is 0 Å². The van der Waals surface area contributed by atoms with Gasteiger partial charge in [-0.15, -0.1) is 0 Å². The van der Waals surface area contributed by atoms with E-state index in [1.807, 2.05) is 12.1 Å². The van der Waals surface area contributed by atoms with Crippen molar-refractivity contribution in [3.8, 4) is 5.75 Å². The molecule has 1 saturated carbocycles. The first-order valence-electron chi connectivity index (χ1n) is 7.98. The highest BCUT2D eigenvalue weighted by molar-refractivity contribution is 5.33. The van der Waals surface area contributed by atoms with Crippen LogP contribution in [0.25, 0.3) is 0 Å². The maximum atomic E-state index is 5.44. The zero-order valence-corrected chi connectivity index (χ0v) is 13.4. The topological polar surface area (TPSA) is 21.3 Å². The van der Waals surface area contributed by atoms with E-state index in [0.717, 1.165) is 24.0 Å². The minimum Gasteiger partial charge on any atom is -0.496 e. The Bertz CT molecular complexity index is 418. The molecule has 20 heavy (non-hydrogen) atoms. The molecule has 2 nitrogen and oxygen atoms in total. The normalized spacial score (nSPS) is 28.1. The second kappa shape index (κ2) is 7.12. The van der Waals surface area contributed by atoms with Crippen LogP contribution in [-0.2, 0) is 6.42 Å². The molecule has 112 valence electrons. The van der Waals surface area contributed by atoms with Crippen LogP contribution in [0.4, 0.5) is 0 Å². The number of hydrogen-bond donors (Lipinski definition) is 1. The molecule has 0 radical (unpaired) electrons. The van der Waals surface area contributed by atoms with Crippen molar-refractivity contribution in [2.24, 2.45) is 11.8 Å². The summed E-state index contributed by atoms with van der Waals surface area (Å²) in [5, 5.41) is 3.83. The fourth-order valence-corrected chi connectivity index (χ4v) is 3.54. The Morgan fingerprint density at radius 2 is 2.00 bits per heavy atom.